The highest BCUT2D eigenvalue weighted by Crippen LogP contribution is 2.29. The Labute approximate surface area is 123 Å². The number of rotatable bonds is 4. The van der Waals surface area contributed by atoms with Crippen molar-refractivity contribution in [3.8, 4) is 0 Å². The van der Waals surface area contributed by atoms with Crippen LogP contribution in [0.5, 0.6) is 0 Å². The van der Waals surface area contributed by atoms with Crippen LogP contribution in [0.1, 0.15) is 49.4 Å². The van der Waals surface area contributed by atoms with Gasteiger partial charge < -0.3 is 5.32 Å². The summed E-state index contributed by atoms with van der Waals surface area (Å²) in [6.07, 6.45) is 9.69. The van der Waals surface area contributed by atoms with Crippen molar-refractivity contribution in [2.24, 2.45) is 11.8 Å². The van der Waals surface area contributed by atoms with E-state index in [-0.39, 0.29) is 5.91 Å². The average molecular weight is 325 g/mol. The number of hydrogen-bond acceptors (Lipinski definition) is 2. The van der Waals surface area contributed by atoms with E-state index in [0.717, 1.165) is 29.3 Å². The molecule has 0 aliphatic heterocycles. The molecule has 104 valence electrons. The lowest BCUT2D eigenvalue weighted by molar-refractivity contribution is 0.0949. The number of amides is 1. The van der Waals surface area contributed by atoms with Crippen molar-refractivity contribution in [2.45, 2.75) is 39.0 Å². The van der Waals surface area contributed by atoms with E-state index in [0.29, 0.717) is 5.56 Å². The minimum absolute atomic E-state index is 0.0297. The van der Waals surface area contributed by atoms with E-state index in [9.17, 15) is 4.79 Å². The summed E-state index contributed by atoms with van der Waals surface area (Å²) in [5, 5.41) is 2.98. The molecule has 19 heavy (non-hydrogen) atoms. The molecule has 3 nitrogen and oxygen atoms in total. The molecule has 0 aromatic carbocycles. The molecule has 1 aromatic rings. The molecule has 1 amide bonds. The molecule has 0 atom stereocenters. The summed E-state index contributed by atoms with van der Waals surface area (Å²) in [7, 11) is 0. The first kappa shape index (κ1) is 14.5. The summed E-state index contributed by atoms with van der Waals surface area (Å²) in [5.41, 5.74) is 0.617. The zero-order valence-corrected chi connectivity index (χ0v) is 12.9. The van der Waals surface area contributed by atoms with Crippen molar-refractivity contribution in [3.05, 3.63) is 28.5 Å². The minimum atomic E-state index is -0.0297. The van der Waals surface area contributed by atoms with E-state index in [1.807, 2.05) is 0 Å². The lowest BCUT2D eigenvalue weighted by Crippen LogP contribution is -2.27. The minimum Gasteiger partial charge on any atom is -0.352 e. The molecule has 0 radical (unpaired) electrons. The maximum absolute atomic E-state index is 11.9. The first-order valence-corrected chi connectivity index (χ1v) is 7.83. The normalized spacial score (nSPS) is 23.1. The van der Waals surface area contributed by atoms with Gasteiger partial charge in [-0.3, -0.25) is 9.78 Å². The smallest absolute Gasteiger partial charge is 0.252 e. The van der Waals surface area contributed by atoms with Gasteiger partial charge in [-0.25, -0.2) is 0 Å². The van der Waals surface area contributed by atoms with Gasteiger partial charge in [0, 0.05) is 23.4 Å². The van der Waals surface area contributed by atoms with Crippen molar-refractivity contribution in [1.82, 2.24) is 10.3 Å². The monoisotopic (exact) mass is 324 g/mol. The maximum Gasteiger partial charge on any atom is 0.252 e. The molecule has 1 fully saturated rings. The summed E-state index contributed by atoms with van der Waals surface area (Å²) in [6.45, 7) is 3.10. The molecule has 0 bridgehead atoms. The van der Waals surface area contributed by atoms with E-state index in [1.165, 1.54) is 25.7 Å². The fourth-order valence-corrected chi connectivity index (χ4v) is 3.01. The summed E-state index contributed by atoms with van der Waals surface area (Å²) >= 11 is 3.32. The molecular formula is C15H21BrN2O. The van der Waals surface area contributed by atoms with Gasteiger partial charge in [0.25, 0.3) is 5.91 Å². The molecule has 1 saturated carbocycles. The largest absolute Gasteiger partial charge is 0.352 e. The maximum atomic E-state index is 11.9. The Kier molecular flexibility index (Phi) is 5.37. The van der Waals surface area contributed by atoms with Crippen LogP contribution in [0.15, 0.2) is 22.9 Å². The zero-order valence-electron chi connectivity index (χ0n) is 11.4. The number of hydrogen-bond donors (Lipinski definition) is 1. The van der Waals surface area contributed by atoms with E-state index in [4.69, 9.17) is 0 Å². The molecule has 0 saturated heterocycles. The van der Waals surface area contributed by atoms with Crippen molar-refractivity contribution >= 4 is 21.8 Å². The molecule has 4 heteroatoms. The Balaban J connectivity index is 1.72. The summed E-state index contributed by atoms with van der Waals surface area (Å²) in [6, 6.07) is 1.80. The number of halogens is 1. The van der Waals surface area contributed by atoms with Crippen molar-refractivity contribution in [2.75, 3.05) is 6.54 Å². The van der Waals surface area contributed by atoms with Crippen molar-refractivity contribution in [3.63, 3.8) is 0 Å². The zero-order chi connectivity index (χ0) is 13.7. The molecule has 2 rings (SSSR count). The summed E-state index contributed by atoms with van der Waals surface area (Å²) in [5.74, 6) is 1.65. The fourth-order valence-electron chi connectivity index (χ4n) is 2.65. The van der Waals surface area contributed by atoms with Gasteiger partial charge in [0.05, 0.1) is 5.56 Å². The van der Waals surface area contributed by atoms with Crippen LogP contribution in [-0.2, 0) is 0 Å². The van der Waals surface area contributed by atoms with Gasteiger partial charge in [-0.2, -0.15) is 0 Å². The van der Waals surface area contributed by atoms with Gasteiger partial charge >= 0.3 is 0 Å². The molecule has 1 aliphatic carbocycles. The number of nitrogens with zero attached hydrogens (tertiary/aromatic N) is 1. The standard InChI is InChI=1S/C15H21BrN2O/c1-11-2-4-12(5-3-11)6-7-18-15(19)13-8-14(16)10-17-9-13/h8-12H,2-7H2,1H3,(H,18,19). The Bertz CT molecular complexity index is 428. The Morgan fingerprint density at radius 1 is 1.37 bits per heavy atom. The Morgan fingerprint density at radius 2 is 2.11 bits per heavy atom. The van der Waals surface area contributed by atoms with Gasteiger partial charge in [-0.05, 0) is 40.3 Å². The number of carbonyl (C=O) groups excluding carboxylic acids is 1. The second kappa shape index (κ2) is 7.04. The van der Waals surface area contributed by atoms with Crippen molar-refractivity contribution < 1.29 is 4.79 Å². The van der Waals surface area contributed by atoms with Crippen LogP contribution in [0, 0.1) is 11.8 Å². The predicted molar refractivity (Wildman–Crippen MR) is 80.0 cm³/mol. The molecule has 1 N–H and O–H groups in total. The summed E-state index contributed by atoms with van der Waals surface area (Å²) < 4.78 is 0.835. The summed E-state index contributed by atoms with van der Waals surface area (Å²) in [4.78, 5) is 15.9. The van der Waals surface area contributed by atoms with Crippen LogP contribution in [0.2, 0.25) is 0 Å². The molecule has 0 unspecified atom stereocenters. The van der Waals surface area contributed by atoms with Gasteiger partial charge in [0.1, 0.15) is 0 Å². The number of aromatic nitrogens is 1. The highest BCUT2D eigenvalue weighted by Gasteiger charge is 2.18. The topological polar surface area (TPSA) is 42.0 Å². The van der Waals surface area contributed by atoms with Gasteiger partial charge in [-0.15, -0.1) is 0 Å². The fraction of sp³-hybridized carbons (Fsp3) is 0.600. The molecular weight excluding hydrogens is 304 g/mol. The number of nitrogens with one attached hydrogen (secondary N) is 1. The highest BCUT2D eigenvalue weighted by atomic mass is 79.9. The third-order valence-corrected chi connectivity index (χ3v) is 4.37. The quantitative estimate of drug-likeness (QED) is 0.915. The van der Waals surface area contributed by atoms with Gasteiger partial charge in [0.2, 0.25) is 0 Å². The van der Waals surface area contributed by atoms with E-state index in [2.05, 4.69) is 33.2 Å². The number of pyridine rings is 1. The van der Waals surface area contributed by atoms with E-state index in [1.54, 1.807) is 18.5 Å². The third kappa shape index (κ3) is 4.60. The van der Waals surface area contributed by atoms with Crippen LogP contribution >= 0.6 is 15.9 Å². The first-order chi connectivity index (χ1) is 9.15. The molecule has 1 aromatic heterocycles. The van der Waals surface area contributed by atoms with E-state index >= 15 is 0 Å². The van der Waals surface area contributed by atoms with Crippen LogP contribution in [0.4, 0.5) is 0 Å². The average Bonchev–Trinajstić information content (AvgIpc) is 2.41. The second-order valence-electron chi connectivity index (χ2n) is 5.56. The third-order valence-electron chi connectivity index (χ3n) is 3.94. The SMILES string of the molecule is CC1CCC(CCNC(=O)c2cncc(Br)c2)CC1. The molecule has 0 spiro atoms. The van der Waals surface area contributed by atoms with Crippen LogP contribution in [0.3, 0.4) is 0 Å². The Hall–Kier alpha value is -0.900. The van der Waals surface area contributed by atoms with Crippen LogP contribution in [-0.4, -0.2) is 17.4 Å². The molecule has 1 heterocycles. The van der Waals surface area contributed by atoms with Crippen LogP contribution in [0.25, 0.3) is 0 Å². The van der Waals surface area contributed by atoms with Gasteiger partial charge in [0.15, 0.2) is 0 Å². The predicted octanol–water partition coefficient (Wildman–Crippen LogP) is 3.79. The molecule has 1 aliphatic rings. The second-order valence-corrected chi connectivity index (χ2v) is 6.48. The number of carbonyl (C=O) groups is 1. The first-order valence-electron chi connectivity index (χ1n) is 7.04. The van der Waals surface area contributed by atoms with Gasteiger partial charge in [-0.1, -0.05) is 32.6 Å². The van der Waals surface area contributed by atoms with Crippen molar-refractivity contribution in [1.29, 1.82) is 0 Å². The lowest BCUT2D eigenvalue weighted by Gasteiger charge is -2.26. The van der Waals surface area contributed by atoms with E-state index < -0.39 is 0 Å². The Morgan fingerprint density at radius 3 is 2.79 bits per heavy atom. The van der Waals surface area contributed by atoms with Crippen LogP contribution < -0.4 is 5.32 Å². The highest BCUT2D eigenvalue weighted by molar-refractivity contribution is 9.10. The lowest BCUT2D eigenvalue weighted by atomic mass is 9.81.